The van der Waals surface area contributed by atoms with Crippen molar-refractivity contribution in [1.82, 2.24) is 14.1 Å². The second-order valence-corrected chi connectivity index (χ2v) is 16.2. The number of benzene rings is 4. The fraction of sp³-hybridized carbons (Fsp3) is 0.488. The van der Waals surface area contributed by atoms with Gasteiger partial charge in [-0.1, -0.05) is 97.4 Å². The molecule has 0 saturated carbocycles. The molecule has 0 bridgehead atoms. The number of rotatable bonds is 16. The first kappa shape index (κ1) is 39.1. The predicted octanol–water partition coefficient (Wildman–Crippen LogP) is 8.10. The summed E-state index contributed by atoms with van der Waals surface area (Å²) in [6.07, 6.45) is 8.81. The van der Waals surface area contributed by atoms with Crippen LogP contribution in [-0.4, -0.2) is 89.2 Å². The molecule has 2 heterocycles. The Bertz CT molecular complexity index is 1670. The van der Waals surface area contributed by atoms with Gasteiger partial charge in [-0.25, -0.2) is 8.42 Å². The monoisotopic (exact) mass is 713 g/mol. The van der Waals surface area contributed by atoms with Crippen LogP contribution in [0, 0.1) is 11.8 Å². The maximum Gasteiger partial charge on any atom is 0.243 e. The quantitative estimate of drug-likeness (QED) is 0.109. The predicted molar refractivity (Wildman–Crippen MR) is 209 cm³/mol. The highest BCUT2D eigenvalue weighted by molar-refractivity contribution is 7.89. The first-order valence-electron chi connectivity index (χ1n) is 18.9. The van der Waals surface area contributed by atoms with E-state index in [1.165, 1.54) is 56.3 Å². The van der Waals surface area contributed by atoms with Crippen LogP contribution < -0.4 is 0 Å². The van der Waals surface area contributed by atoms with Crippen molar-refractivity contribution in [1.29, 1.82) is 0 Å². The van der Waals surface area contributed by atoms with Gasteiger partial charge in [-0.05, 0) is 97.5 Å². The Morgan fingerprint density at radius 3 is 1.86 bits per heavy atom. The largest absolute Gasteiger partial charge is 0.385 e. The lowest BCUT2D eigenvalue weighted by atomic mass is 9.92. The van der Waals surface area contributed by atoms with E-state index in [-0.39, 0.29) is 0 Å². The Morgan fingerprint density at radius 2 is 1.24 bits per heavy atom. The van der Waals surface area contributed by atoms with Crippen molar-refractivity contribution in [3.8, 4) is 0 Å². The van der Waals surface area contributed by atoms with Crippen LogP contribution in [0.4, 0.5) is 0 Å². The summed E-state index contributed by atoms with van der Waals surface area (Å²) in [7, 11) is -0.198. The van der Waals surface area contributed by atoms with Crippen LogP contribution >= 0.6 is 0 Å². The van der Waals surface area contributed by atoms with Crippen molar-refractivity contribution in [2.75, 3.05) is 66.7 Å². The maximum atomic E-state index is 13.6. The van der Waals surface area contributed by atoms with E-state index in [1.807, 2.05) is 36.4 Å². The van der Waals surface area contributed by atoms with Crippen molar-refractivity contribution in [3.63, 3.8) is 0 Å². The molecule has 8 heteroatoms. The van der Waals surface area contributed by atoms with E-state index in [0.717, 1.165) is 62.3 Å². The third-order valence-corrected chi connectivity index (χ3v) is 12.1. The van der Waals surface area contributed by atoms with Crippen molar-refractivity contribution >= 4 is 20.8 Å². The van der Waals surface area contributed by atoms with Crippen molar-refractivity contribution < 1.29 is 17.9 Å². The van der Waals surface area contributed by atoms with E-state index in [0.29, 0.717) is 30.5 Å². The number of ether oxygens (including phenoxy) is 2. The summed E-state index contributed by atoms with van der Waals surface area (Å²) >= 11 is 0. The molecular formula is C43H59N3O4S. The SMILES string of the molecule is COCCCCC1CCCN(Cc2ccccc2)C1.COCCN(CC1CCCN(Cc2ccccc2)C1)S(=O)(=O)c1ccc2ccccc2c1. The van der Waals surface area contributed by atoms with E-state index in [1.54, 1.807) is 30.7 Å². The molecule has 0 amide bonds. The van der Waals surface area contributed by atoms with Crippen LogP contribution in [0.15, 0.2) is 108 Å². The van der Waals surface area contributed by atoms with Crippen molar-refractivity contribution in [2.45, 2.75) is 62.9 Å². The average Bonchev–Trinajstić information content (AvgIpc) is 3.16. The highest BCUT2D eigenvalue weighted by Crippen LogP contribution is 2.26. The minimum Gasteiger partial charge on any atom is -0.385 e. The highest BCUT2D eigenvalue weighted by atomic mass is 32.2. The molecule has 276 valence electrons. The number of likely N-dealkylation sites (tertiary alicyclic amines) is 2. The van der Waals surface area contributed by atoms with Crippen molar-refractivity contribution in [3.05, 3.63) is 114 Å². The van der Waals surface area contributed by atoms with Gasteiger partial charge in [0.05, 0.1) is 11.5 Å². The standard InChI is InChI=1S/C26H32N2O3S.C17H27NO/c1-31-17-16-28(32(29,30)26-14-13-24-11-5-6-12-25(24)18-26)21-23-10-7-15-27(20-23)19-22-8-3-2-4-9-22;1-19-13-6-5-10-17-11-7-12-18(15-17)14-16-8-3-2-4-9-16/h2-6,8-9,11-14,18,23H,7,10,15-17,19-21H2,1H3;2-4,8-9,17H,5-7,10-15H2,1H3. The molecule has 2 aliphatic heterocycles. The van der Waals surface area contributed by atoms with Crippen molar-refractivity contribution in [2.24, 2.45) is 11.8 Å². The summed E-state index contributed by atoms with van der Waals surface area (Å²) in [5.41, 5.74) is 2.75. The molecule has 4 aromatic rings. The van der Waals surface area contributed by atoms with Gasteiger partial charge in [0.1, 0.15) is 0 Å². The summed E-state index contributed by atoms with van der Waals surface area (Å²) in [4.78, 5) is 5.42. The molecule has 0 spiro atoms. The Hall–Kier alpha value is -3.11. The second-order valence-electron chi connectivity index (χ2n) is 14.3. The molecule has 0 aromatic heterocycles. The van der Waals surface area contributed by atoms with Gasteiger partial charge in [0, 0.05) is 60.1 Å². The molecule has 6 rings (SSSR count). The van der Waals surface area contributed by atoms with E-state index in [9.17, 15) is 8.42 Å². The summed E-state index contributed by atoms with van der Waals surface area (Å²) in [5.74, 6) is 1.20. The first-order valence-corrected chi connectivity index (χ1v) is 20.4. The number of nitrogens with zero attached hydrogens (tertiary/aromatic N) is 3. The average molecular weight is 714 g/mol. The van der Waals surface area contributed by atoms with Gasteiger partial charge in [0.2, 0.25) is 10.0 Å². The van der Waals surface area contributed by atoms with Gasteiger partial charge < -0.3 is 9.47 Å². The van der Waals surface area contributed by atoms with Crippen LogP contribution in [0.1, 0.15) is 56.1 Å². The Balaban J connectivity index is 0.000000226. The van der Waals surface area contributed by atoms with Gasteiger partial charge >= 0.3 is 0 Å². The first-order chi connectivity index (χ1) is 24.9. The van der Waals surface area contributed by atoms with Crippen LogP contribution in [-0.2, 0) is 32.6 Å². The third kappa shape index (κ3) is 12.5. The fourth-order valence-corrected chi connectivity index (χ4v) is 9.14. The molecule has 2 aliphatic rings. The zero-order valence-corrected chi connectivity index (χ0v) is 31.7. The highest BCUT2D eigenvalue weighted by Gasteiger charge is 2.29. The Morgan fingerprint density at radius 1 is 0.667 bits per heavy atom. The lowest BCUT2D eigenvalue weighted by molar-refractivity contribution is 0.135. The molecule has 2 atom stereocenters. The molecule has 0 radical (unpaired) electrons. The topological polar surface area (TPSA) is 62.3 Å². The van der Waals surface area contributed by atoms with Gasteiger partial charge in [-0.2, -0.15) is 4.31 Å². The van der Waals surface area contributed by atoms with Gasteiger partial charge in [0.15, 0.2) is 0 Å². The molecule has 4 aromatic carbocycles. The van der Waals surface area contributed by atoms with Gasteiger partial charge in [-0.3, -0.25) is 9.80 Å². The van der Waals surface area contributed by atoms with Gasteiger partial charge in [0.25, 0.3) is 0 Å². The maximum absolute atomic E-state index is 13.6. The number of hydrogen-bond acceptors (Lipinski definition) is 6. The van der Waals surface area contributed by atoms with Gasteiger partial charge in [-0.15, -0.1) is 0 Å². The molecule has 2 fully saturated rings. The summed E-state index contributed by atoms with van der Waals surface area (Å²) in [6, 6.07) is 34.6. The van der Waals surface area contributed by atoms with Crippen LogP contribution in [0.25, 0.3) is 10.8 Å². The summed E-state index contributed by atoms with van der Waals surface area (Å²) in [5, 5.41) is 1.98. The number of hydrogen-bond donors (Lipinski definition) is 0. The third-order valence-electron chi connectivity index (χ3n) is 10.3. The zero-order chi connectivity index (χ0) is 35.7. The fourth-order valence-electron chi connectivity index (χ4n) is 7.60. The van der Waals surface area contributed by atoms with E-state index in [2.05, 4.69) is 64.4 Å². The molecule has 7 nitrogen and oxygen atoms in total. The molecule has 2 unspecified atom stereocenters. The zero-order valence-electron chi connectivity index (χ0n) is 30.9. The van der Waals surface area contributed by atoms with E-state index < -0.39 is 10.0 Å². The number of methoxy groups -OCH3 is 2. The Kier molecular flexibility index (Phi) is 16.0. The molecule has 0 N–H and O–H groups in total. The normalized spacial score (nSPS) is 18.8. The van der Waals surface area contributed by atoms with Crippen LogP contribution in [0.2, 0.25) is 0 Å². The minimum absolute atomic E-state index is 0.305. The smallest absolute Gasteiger partial charge is 0.243 e. The number of sulfonamides is 1. The summed E-state index contributed by atoms with van der Waals surface area (Å²) in [6.45, 7) is 8.72. The van der Waals surface area contributed by atoms with E-state index in [4.69, 9.17) is 9.47 Å². The number of piperidine rings is 2. The van der Waals surface area contributed by atoms with E-state index >= 15 is 0 Å². The van der Waals surface area contributed by atoms with Crippen LogP contribution in [0.3, 0.4) is 0 Å². The number of fused-ring (bicyclic) bond motifs is 1. The summed E-state index contributed by atoms with van der Waals surface area (Å²) < 4.78 is 39.2. The molecule has 2 saturated heterocycles. The Labute approximate surface area is 307 Å². The molecule has 0 aliphatic carbocycles. The molecular weight excluding hydrogens is 655 g/mol. The lowest BCUT2D eigenvalue weighted by Crippen LogP contribution is -2.43. The second kappa shape index (κ2) is 20.8. The minimum atomic E-state index is -3.61. The number of unbranched alkanes of at least 4 members (excludes halogenated alkanes) is 1. The van der Waals surface area contributed by atoms with Crippen LogP contribution in [0.5, 0.6) is 0 Å². The molecule has 51 heavy (non-hydrogen) atoms. The lowest BCUT2D eigenvalue weighted by Gasteiger charge is -2.35.